The van der Waals surface area contributed by atoms with Crippen LogP contribution in [0.2, 0.25) is 0 Å². The third kappa shape index (κ3) is 7.46. The molecule has 131 valence electrons. The number of nitrogens with one attached hydrogen (secondary N) is 1. The molecule has 1 heterocycles. The van der Waals surface area contributed by atoms with Gasteiger partial charge in [0.25, 0.3) is 0 Å². The Bertz CT molecular complexity index is 343. The van der Waals surface area contributed by atoms with Crippen molar-refractivity contribution in [2.24, 2.45) is 16.8 Å². The van der Waals surface area contributed by atoms with Gasteiger partial charge in [-0.05, 0) is 46.5 Å². The van der Waals surface area contributed by atoms with Crippen molar-refractivity contribution >= 4 is 44.1 Å². The topological polar surface area (TPSA) is 24.4 Å². The van der Waals surface area contributed by atoms with Crippen molar-refractivity contribution in [1.82, 2.24) is 5.09 Å². The van der Waals surface area contributed by atoms with Crippen molar-refractivity contribution in [3.63, 3.8) is 0 Å². The molecule has 1 fully saturated rings. The Morgan fingerprint density at radius 3 is 2.14 bits per heavy atom. The molecule has 2 aliphatic rings. The third-order valence-corrected chi connectivity index (χ3v) is 7.56. The van der Waals surface area contributed by atoms with Crippen LogP contribution in [0.5, 0.6) is 0 Å². The van der Waals surface area contributed by atoms with E-state index in [-0.39, 0.29) is 0 Å². The van der Waals surface area contributed by atoms with E-state index in [0.29, 0.717) is 0 Å². The van der Waals surface area contributed by atoms with Gasteiger partial charge in [-0.15, -0.1) is 0 Å². The summed E-state index contributed by atoms with van der Waals surface area (Å²) in [6.07, 6.45) is 7.06. The number of hydrogen-bond donors (Lipinski definition) is 1. The van der Waals surface area contributed by atoms with Gasteiger partial charge in [0.15, 0.2) is 0 Å². The molecular weight excluding hydrogens is 398 g/mol. The molecule has 0 aromatic carbocycles. The molecule has 0 spiro atoms. The molecule has 1 aliphatic heterocycles. The fraction of sp³-hybridized carbons (Fsp3) is 0.933. The number of amidine groups is 1. The van der Waals surface area contributed by atoms with Gasteiger partial charge in [0, 0.05) is 12.5 Å². The van der Waals surface area contributed by atoms with Crippen LogP contribution in [0.1, 0.15) is 59.8 Å². The van der Waals surface area contributed by atoms with Crippen LogP contribution in [0.3, 0.4) is 0 Å². The maximum absolute atomic E-state index is 4.93. The van der Waals surface area contributed by atoms with Crippen LogP contribution < -0.4 is 5.09 Å². The van der Waals surface area contributed by atoms with Crippen molar-refractivity contribution in [1.29, 1.82) is 0 Å². The summed E-state index contributed by atoms with van der Waals surface area (Å²) in [5.74, 6) is 3.01. The first-order valence-corrected chi connectivity index (χ1v) is 15.2. The molecule has 1 aliphatic carbocycles. The molecule has 7 heteroatoms. The molecule has 0 aromatic heterocycles. The minimum absolute atomic E-state index is 0.504. The zero-order chi connectivity index (χ0) is 16.7. The van der Waals surface area contributed by atoms with Crippen molar-refractivity contribution in [2.45, 2.75) is 71.1 Å². The number of halogens is 3. The van der Waals surface area contributed by atoms with E-state index in [2.05, 4.69) is 32.8 Å². The van der Waals surface area contributed by atoms with Crippen LogP contribution in [-0.2, 0) is 11.4 Å². The number of hydrogen-bond acceptors (Lipinski definition) is 2. The van der Waals surface area contributed by atoms with Crippen LogP contribution in [0, 0.1) is 11.8 Å². The van der Waals surface area contributed by atoms with Crippen LogP contribution in [0.4, 0.5) is 0 Å². The molecule has 1 saturated carbocycles. The molecule has 2 atom stereocenters. The average Bonchev–Trinajstić information content (AvgIpc) is 2.62. The SMILES string of the molecule is CC(C)[PH+](NC1=NCC2CCCCCC12)C(C)C.[Cl][Cr]([Cl])[Cl]. The molecule has 1 N–H and O–H groups in total. The van der Waals surface area contributed by atoms with E-state index >= 15 is 0 Å². The Balaban J connectivity index is 0.000000541. The Labute approximate surface area is 154 Å². The average molecular weight is 428 g/mol. The van der Waals surface area contributed by atoms with Gasteiger partial charge in [0.05, 0.1) is 19.4 Å². The quantitative estimate of drug-likeness (QED) is 0.533. The Morgan fingerprint density at radius 2 is 1.59 bits per heavy atom. The number of nitrogens with zero attached hydrogens (tertiary/aromatic N) is 1. The van der Waals surface area contributed by atoms with Gasteiger partial charge in [-0.2, -0.15) is 0 Å². The summed E-state index contributed by atoms with van der Waals surface area (Å²) in [5, 5.41) is 3.89. The molecule has 0 aromatic rings. The fourth-order valence-electron chi connectivity index (χ4n) is 3.53. The van der Waals surface area contributed by atoms with E-state index < -0.39 is 19.5 Å². The first kappa shape index (κ1) is 21.3. The molecule has 0 bridgehead atoms. The summed E-state index contributed by atoms with van der Waals surface area (Å²) in [6.45, 7) is 10.5. The third-order valence-electron chi connectivity index (χ3n) is 4.52. The Morgan fingerprint density at radius 1 is 1.05 bits per heavy atom. The zero-order valence-corrected chi connectivity index (χ0v) is 18.6. The van der Waals surface area contributed by atoms with Crippen LogP contribution >= 0.6 is 38.2 Å². The Kier molecular flexibility index (Phi) is 10.7. The van der Waals surface area contributed by atoms with Crippen LogP contribution in [0.25, 0.3) is 0 Å². The summed E-state index contributed by atoms with van der Waals surface area (Å²) in [6, 6.07) is 0. The summed E-state index contributed by atoms with van der Waals surface area (Å²) in [4.78, 5) is 4.86. The van der Waals surface area contributed by atoms with Crippen molar-refractivity contribution < 1.29 is 11.4 Å². The standard InChI is InChI=1S/C15H29N2P.3ClH.Cr/c1-11(2)18(12(3)4)17-15-14-9-7-5-6-8-13(14)10-16-15;;;;/h11-14H,5-10H2,1-4H3,(H,16,17);3*1H;/q;;;;+3/p-2. The van der Waals surface area contributed by atoms with Gasteiger partial charge in [0.2, 0.25) is 0 Å². The van der Waals surface area contributed by atoms with E-state index in [1.807, 2.05) is 0 Å². The van der Waals surface area contributed by atoms with Gasteiger partial charge in [0.1, 0.15) is 5.84 Å². The van der Waals surface area contributed by atoms with Gasteiger partial charge < -0.3 is 0 Å². The van der Waals surface area contributed by atoms with Gasteiger partial charge in [-0.25, -0.2) is 5.09 Å². The summed E-state index contributed by atoms with van der Waals surface area (Å²) in [7, 11) is 14.3. The molecule has 2 rings (SSSR count). The predicted octanol–water partition coefficient (Wildman–Crippen LogP) is 6.20. The molecule has 0 radical (unpaired) electrons. The van der Waals surface area contributed by atoms with Gasteiger partial charge >= 0.3 is 41.5 Å². The summed E-state index contributed by atoms with van der Waals surface area (Å²) >= 11 is -1.62. The summed E-state index contributed by atoms with van der Waals surface area (Å²) in [5.41, 5.74) is 1.56. The van der Waals surface area contributed by atoms with E-state index in [0.717, 1.165) is 29.7 Å². The minimum atomic E-state index is -1.62. The van der Waals surface area contributed by atoms with Crippen molar-refractivity contribution in [2.75, 3.05) is 6.54 Å². The van der Waals surface area contributed by atoms with E-state index in [1.165, 1.54) is 37.9 Å². The first-order chi connectivity index (χ1) is 10.3. The second-order valence-corrected chi connectivity index (χ2v) is 16.6. The second-order valence-electron chi connectivity index (χ2n) is 6.80. The van der Waals surface area contributed by atoms with Gasteiger partial charge in [-0.3, -0.25) is 4.99 Å². The molecule has 22 heavy (non-hydrogen) atoms. The fourth-order valence-corrected chi connectivity index (χ4v) is 6.00. The molecule has 2 nitrogen and oxygen atoms in total. The summed E-state index contributed by atoms with van der Waals surface area (Å²) < 4.78 is 0. The molecule has 0 saturated heterocycles. The maximum atomic E-state index is 4.93. The number of rotatable bonds is 3. The van der Waals surface area contributed by atoms with Crippen molar-refractivity contribution in [3.8, 4) is 0 Å². The first-order valence-electron chi connectivity index (χ1n) is 8.24. The normalized spacial score (nSPS) is 25.0. The van der Waals surface area contributed by atoms with Gasteiger partial charge in [-0.1, -0.05) is 19.3 Å². The molecular formula is C15H30Cl3CrN2P+. The second kappa shape index (κ2) is 11.0. The predicted molar refractivity (Wildman–Crippen MR) is 102 cm³/mol. The number of aliphatic imine (C=N–C) groups is 1. The van der Waals surface area contributed by atoms with Crippen LogP contribution in [0.15, 0.2) is 4.99 Å². The monoisotopic (exact) mass is 426 g/mol. The Hall–Kier alpha value is 1.30. The zero-order valence-electron chi connectivity index (χ0n) is 14.0. The van der Waals surface area contributed by atoms with E-state index in [4.69, 9.17) is 35.1 Å². The number of fused-ring (bicyclic) bond motifs is 1. The molecule has 2 unspecified atom stereocenters. The van der Waals surface area contributed by atoms with Crippen LogP contribution in [-0.4, -0.2) is 23.7 Å². The van der Waals surface area contributed by atoms with E-state index in [9.17, 15) is 0 Å². The van der Waals surface area contributed by atoms with Crippen molar-refractivity contribution in [3.05, 3.63) is 0 Å². The van der Waals surface area contributed by atoms with E-state index in [1.54, 1.807) is 0 Å². The molecule has 0 amide bonds.